The predicted octanol–water partition coefficient (Wildman–Crippen LogP) is 4.16. The van der Waals surface area contributed by atoms with Crippen molar-refractivity contribution in [3.05, 3.63) is 52.3 Å². The quantitative estimate of drug-likeness (QED) is 0.763. The molecule has 0 aliphatic rings. The van der Waals surface area contributed by atoms with Gasteiger partial charge in [0.25, 0.3) is 5.91 Å². The number of hydrogen-bond acceptors (Lipinski definition) is 2. The fourth-order valence-electron chi connectivity index (χ4n) is 2.57. The highest BCUT2D eigenvalue weighted by atomic mass is 35.5. The van der Waals surface area contributed by atoms with E-state index in [2.05, 4.69) is 12.0 Å². The zero-order chi connectivity index (χ0) is 16.8. The number of amides is 1. The van der Waals surface area contributed by atoms with E-state index in [1.165, 1.54) is 0 Å². The third-order valence-corrected chi connectivity index (χ3v) is 4.29. The van der Waals surface area contributed by atoms with Crippen molar-refractivity contribution in [2.75, 3.05) is 13.1 Å². The van der Waals surface area contributed by atoms with Gasteiger partial charge in [-0.15, -0.1) is 0 Å². The van der Waals surface area contributed by atoms with E-state index in [-0.39, 0.29) is 5.91 Å². The molecule has 0 radical (unpaired) electrons. The lowest BCUT2D eigenvalue weighted by molar-refractivity contribution is 0.0761. The van der Waals surface area contributed by atoms with Gasteiger partial charge in [0.05, 0.1) is 17.8 Å². The van der Waals surface area contributed by atoms with Crippen LogP contribution in [0.5, 0.6) is 0 Å². The van der Waals surface area contributed by atoms with Crippen molar-refractivity contribution in [2.24, 2.45) is 0 Å². The third-order valence-electron chi connectivity index (χ3n) is 3.90. The number of aryl methyl sites for hydroxylation is 1. The molecule has 1 aromatic heterocycles. The summed E-state index contributed by atoms with van der Waals surface area (Å²) in [5.74, 6) is -0.0252. The maximum Gasteiger partial charge on any atom is 0.258 e. The van der Waals surface area contributed by atoms with E-state index in [1.807, 2.05) is 49.1 Å². The van der Waals surface area contributed by atoms with Gasteiger partial charge >= 0.3 is 0 Å². The Morgan fingerprint density at radius 2 is 1.96 bits per heavy atom. The van der Waals surface area contributed by atoms with E-state index in [0.29, 0.717) is 29.5 Å². The molecule has 124 valence electrons. The van der Waals surface area contributed by atoms with Gasteiger partial charge in [-0.25, -0.2) is 4.68 Å². The van der Waals surface area contributed by atoms with E-state index in [0.717, 1.165) is 24.9 Å². The zero-order valence-corrected chi connectivity index (χ0v) is 14.8. The molecule has 5 heteroatoms. The second-order valence-electron chi connectivity index (χ2n) is 5.63. The number of nitrogens with zero attached hydrogens (tertiary/aromatic N) is 3. The van der Waals surface area contributed by atoms with Gasteiger partial charge in [0.2, 0.25) is 0 Å². The molecule has 0 spiro atoms. The van der Waals surface area contributed by atoms with Crippen molar-refractivity contribution < 1.29 is 4.79 Å². The van der Waals surface area contributed by atoms with Crippen LogP contribution in [0.4, 0.5) is 0 Å². The molecule has 1 amide bonds. The number of halogens is 1. The normalized spacial score (nSPS) is 10.8. The molecule has 0 fully saturated rings. The van der Waals surface area contributed by atoms with Crippen LogP contribution in [-0.4, -0.2) is 33.7 Å². The molecule has 0 saturated heterocycles. The maximum atomic E-state index is 12.8. The first-order chi connectivity index (χ1) is 11.1. The molecular formula is C18H24ClN3O. The Morgan fingerprint density at radius 1 is 1.26 bits per heavy atom. The molecule has 0 saturated carbocycles. The SMILES string of the molecule is CCCCN(CC)C(=O)c1c(C)nn(Cc2ccccc2)c1Cl. The van der Waals surface area contributed by atoms with Crippen molar-refractivity contribution in [3.8, 4) is 0 Å². The van der Waals surface area contributed by atoms with Crippen LogP contribution in [0.15, 0.2) is 30.3 Å². The van der Waals surface area contributed by atoms with Crippen molar-refractivity contribution >= 4 is 17.5 Å². The highest BCUT2D eigenvalue weighted by Crippen LogP contribution is 2.23. The topological polar surface area (TPSA) is 38.1 Å². The van der Waals surface area contributed by atoms with Gasteiger partial charge in [0.1, 0.15) is 5.15 Å². The number of hydrogen-bond donors (Lipinski definition) is 0. The van der Waals surface area contributed by atoms with E-state index >= 15 is 0 Å². The van der Waals surface area contributed by atoms with Crippen LogP contribution in [-0.2, 0) is 6.54 Å². The molecule has 1 aromatic carbocycles. The van der Waals surface area contributed by atoms with Gasteiger partial charge in [0.15, 0.2) is 0 Å². The smallest absolute Gasteiger partial charge is 0.258 e. The summed E-state index contributed by atoms with van der Waals surface area (Å²) < 4.78 is 1.70. The molecule has 0 N–H and O–H groups in total. The lowest BCUT2D eigenvalue weighted by Gasteiger charge is -2.20. The Bertz CT molecular complexity index is 652. The summed E-state index contributed by atoms with van der Waals surface area (Å²) in [6.45, 7) is 7.95. The number of unbranched alkanes of at least 4 members (excludes halogenated alkanes) is 1. The Kier molecular flexibility index (Phi) is 6.22. The van der Waals surface area contributed by atoms with E-state index in [9.17, 15) is 4.79 Å². The van der Waals surface area contributed by atoms with E-state index in [4.69, 9.17) is 11.6 Å². The number of aromatic nitrogens is 2. The second-order valence-corrected chi connectivity index (χ2v) is 5.99. The summed E-state index contributed by atoms with van der Waals surface area (Å²) in [5.41, 5.74) is 2.32. The van der Waals surface area contributed by atoms with Gasteiger partial charge < -0.3 is 4.90 Å². The van der Waals surface area contributed by atoms with Crippen molar-refractivity contribution in [2.45, 2.75) is 40.2 Å². The number of benzene rings is 1. The largest absolute Gasteiger partial charge is 0.339 e. The van der Waals surface area contributed by atoms with Crippen LogP contribution in [0.3, 0.4) is 0 Å². The second kappa shape index (κ2) is 8.16. The fraction of sp³-hybridized carbons (Fsp3) is 0.444. The number of carbonyl (C=O) groups excluding carboxylic acids is 1. The van der Waals surface area contributed by atoms with Crippen molar-refractivity contribution in [1.82, 2.24) is 14.7 Å². The molecular weight excluding hydrogens is 310 g/mol. The lowest BCUT2D eigenvalue weighted by atomic mass is 10.2. The van der Waals surface area contributed by atoms with Crippen molar-refractivity contribution in [3.63, 3.8) is 0 Å². The van der Waals surface area contributed by atoms with E-state index in [1.54, 1.807) is 4.68 Å². The first-order valence-corrected chi connectivity index (χ1v) is 8.52. The number of carbonyl (C=O) groups is 1. The van der Waals surface area contributed by atoms with Crippen LogP contribution >= 0.6 is 11.6 Å². The highest BCUT2D eigenvalue weighted by molar-refractivity contribution is 6.33. The molecule has 0 unspecified atom stereocenters. The minimum atomic E-state index is -0.0252. The summed E-state index contributed by atoms with van der Waals surface area (Å²) in [5, 5.41) is 4.88. The third kappa shape index (κ3) is 4.14. The summed E-state index contributed by atoms with van der Waals surface area (Å²) in [6, 6.07) is 9.98. The summed E-state index contributed by atoms with van der Waals surface area (Å²) >= 11 is 6.46. The average molecular weight is 334 g/mol. The van der Waals surface area contributed by atoms with Gasteiger partial charge in [-0.05, 0) is 25.8 Å². The fourth-order valence-corrected chi connectivity index (χ4v) is 2.88. The monoisotopic (exact) mass is 333 g/mol. The highest BCUT2D eigenvalue weighted by Gasteiger charge is 2.24. The molecule has 23 heavy (non-hydrogen) atoms. The zero-order valence-electron chi connectivity index (χ0n) is 14.1. The first-order valence-electron chi connectivity index (χ1n) is 8.14. The minimum absolute atomic E-state index is 0.0252. The van der Waals surface area contributed by atoms with E-state index < -0.39 is 0 Å². The standard InChI is InChI=1S/C18H24ClN3O/c1-4-6-12-21(5-2)18(23)16-14(3)20-22(17(16)19)13-15-10-8-7-9-11-15/h7-11H,4-6,12-13H2,1-3H3. The van der Waals surface area contributed by atoms with Crippen LogP contribution in [0.2, 0.25) is 5.15 Å². The predicted molar refractivity (Wildman–Crippen MR) is 94.0 cm³/mol. The molecule has 0 aliphatic carbocycles. The first kappa shape index (κ1) is 17.5. The van der Waals surface area contributed by atoms with Crippen LogP contribution < -0.4 is 0 Å². The molecule has 0 atom stereocenters. The molecule has 0 aliphatic heterocycles. The maximum absolute atomic E-state index is 12.8. The molecule has 2 rings (SSSR count). The molecule has 0 bridgehead atoms. The summed E-state index contributed by atoms with van der Waals surface area (Å²) in [7, 11) is 0. The molecule has 1 heterocycles. The van der Waals surface area contributed by atoms with Gasteiger partial charge in [-0.2, -0.15) is 5.10 Å². The Hall–Kier alpha value is -1.81. The Balaban J connectivity index is 2.24. The van der Waals surface area contributed by atoms with Crippen LogP contribution in [0.25, 0.3) is 0 Å². The summed E-state index contributed by atoms with van der Waals surface area (Å²) in [4.78, 5) is 14.6. The van der Waals surface area contributed by atoms with Gasteiger partial charge in [-0.3, -0.25) is 4.79 Å². The average Bonchev–Trinajstić information content (AvgIpc) is 2.83. The van der Waals surface area contributed by atoms with Crippen LogP contribution in [0.1, 0.15) is 48.3 Å². The van der Waals surface area contributed by atoms with Crippen LogP contribution in [0, 0.1) is 6.92 Å². The van der Waals surface area contributed by atoms with Gasteiger partial charge in [0, 0.05) is 13.1 Å². The van der Waals surface area contributed by atoms with Gasteiger partial charge in [-0.1, -0.05) is 55.3 Å². The Morgan fingerprint density at radius 3 is 2.57 bits per heavy atom. The molecule has 2 aromatic rings. The summed E-state index contributed by atoms with van der Waals surface area (Å²) in [6.07, 6.45) is 2.05. The Labute approximate surface area is 143 Å². The molecule has 4 nitrogen and oxygen atoms in total. The van der Waals surface area contributed by atoms with Crippen molar-refractivity contribution in [1.29, 1.82) is 0 Å². The number of rotatable bonds is 7. The minimum Gasteiger partial charge on any atom is -0.339 e. The lowest BCUT2D eigenvalue weighted by Crippen LogP contribution is -2.32.